The second-order valence-electron chi connectivity index (χ2n) is 10.5. The molecule has 0 aliphatic carbocycles. The number of piperidine rings is 1. The lowest BCUT2D eigenvalue weighted by atomic mass is 9.84. The van der Waals surface area contributed by atoms with Crippen LogP contribution in [0.15, 0.2) is 78.6 Å². The number of hydrogen-bond acceptors (Lipinski definition) is 4. The zero-order valence-corrected chi connectivity index (χ0v) is 24.4. The quantitative estimate of drug-likeness (QED) is 0.137. The molecule has 5 nitrogen and oxygen atoms in total. The predicted octanol–water partition coefficient (Wildman–Crippen LogP) is 8.28. The molecule has 0 amide bonds. The van der Waals surface area contributed by atoms with Crippen molar-refractivity contribution in [3.8, 4) is 0 Å². The maximum atomic E-state index is 13.4. The molecule has 1 aliphatic rings. The van der Waals surface area contributed by atoms with Crippen molar-refractivity contribution in [2.75, 3.05) is 19.6 Å². The third-order valence-corrected chi connectivity index (χ3v) is 8.18. The van der Waals surface area contributed by atoms with Gasteiger partial charge >= 0.3 is 18.3 Å². The average molecular weight is 662 g/mol. The molecule has 1 aliphatic heterocycles. The number of carbonyl (C=O) groups is 1. The van der Waals surface area contributed by atoms with Crippen molar-refractivity contribution in [1.82, 2.24) is 4.90 Å². The Balaban J connectivity index is 1.64. The van der Waals surface area contributed by atoms with Crippen LogP contribution in [0.25, 0.3) is 0 Å². The number of ether oxygens (including phenoxy) is 1. The Kier molecular flexibility index (Phi) is 10.2. The number of alkyl halides is 6. The zero-order valence-electron chi connectivity index (χ0n) is 22.9. The van der Waals surface area contributed by atoms with Gasteiger partial charge in [0.05, 0.1) is 38.8 Å². The van der Waals surface area contributed by atoms with Gasteiger partial charge in [0.1, 0.15) is 12.4 Å². The first-order valence-corrected chi connectivity index (χ1v) is 14.1. The Labute approximate surface area is 259 Å². The van der Waals surface area contributed by atoms with Crippen molar-refractivity contribution in [2.45, 2.75) is 43.3 Å². The number of carboxylic acid groups (broad SMARTS) is 1. The molecule has 3 aromatic rings. The average Bonchev–Trinajstić information content (AvgIpc) is 2.96. The molecule has 44 heavy (non-hydrogen) atoms. The first-order chi connectivity index (χ1) is 20.5. The van der Waals surface area contributed by atoms with Crippen molar-refractivity contribution in [2.24, 2.45) is 0 Å². The lowest BCUT2D eigenvalue weighted by Crippen LogP contribution is -2.44. The van der Waals surface area contributed by atoms with E-state index in [-0.39, 0.29) is 28.4 Å². The van der Waals surface area contributed by atoms with E-state index in [9.17, 15) is 41.4 Å². The van der Waals surface area contributed by atoms with Crippen LogP contribution in [0.4, 0.5) is 26.3 Å². The van der Waals surface area contributed by atoms with Gasteiger partial charge in [-0.1, -0.05) is 59.6 Å². The van der Waals surface area contributed by atoms with Gasteiger partial charge in [0, 0.05) is 19.6 Å². The van der Waals surface area contributed by atoms with Gasteiger partial charge in [-0.05, 0) is 59.9 Å². The molecule has 0 bridgehead atoms. The molecule has 3 aromatic carbocycles. The molecule has 1 saturated heterocycles. The Morgan fingerprint density at radius 1 is 0.909 bits per heavy atom. The number of aliphatic hydroxyl groups is 1. The topological polar surface area (TPSA) is 70.0 Å². The highest BCUT2D eigenvalue weighted by Gasteiger charge is 2.38. The zero-order chi connectivity index (χ0) is 32.3. The van der Waals surface area contributed by atoms with Crippen LogP contribution >= 0.6 is 23.2 Å². The van der Waals surface area contributed by atoms with E-state index in [1.807, 2.05) is 35.2 Å². The lowest BCUT2D eigenvalue weighted by Gasteiger charge is -2.40. The number of likely N-dealkylation sites (tertiary alicyclic amines) is 1. The van der Waals surface area contributed by atoms with Crippen molar-refractivity contribution in [1.29, 1.82) is 0 Å². The summed E-state index contributed by atoms with van der Waals surface area (Å²) in [5.41, 5.74) is -3.36. The van der Waals surface area contributed by atoms with E-state index in [2.05, 4.69) is 0 Å². The number of halogens is 8. The van der Waals surface area contributed by atoms with E-state index in [1.54, 1.807) is 6.07 Å². The summed E-state index contributed by atoms with van der Waals surface area (Å²) in [5.74, 6) is -2.52. The van der Waals surface area contributed by atoms with Gasteiger partial charge in [-0.3, -0.25) is 0 Å². The number of aliphatic carboxylic acids is 1. The Bertz CT molecular complexity index is 1470. The third kappa shape index (κ3) is 8.47. The molecule has 1 atom stereocenters. The summed E-state index contributed by atoms with van der Waals surface area (Å²) in [6.45, 7) is 0.147. The van der Waals surface area contributed by atoms with E-state index in [0.717, 1.165) is 11.6 Å². The smallest absolute Gasteiger partial charge is 0.416 e. The summed E-state index contributed by atoms with van der Waals surface area (Å²) in [7, 11) is 0. The molecule has 0 radical (unpaired) electrons. The van der Waals surface area contributed by atoms with Crippen LogP contribution in [0, 0.1) is 0 Å². The van der Waals surface area contributed by atoms with E-state index in [1.165, 1.54) is 12.1 Å². The Morgan fingerprint density at radius 3 is 2.02 bits per heavy atom. The maximum absolute atomic E-state index is 13.4. The highest BCUT2D eigenvalue weighted by atomic mass is 35.5. The van der Waals surface area contributed by atoms with Crippen LogP contribution in [0.5, 0.6) is 0 Å². The monoisotopic (exact) mass is 661 g/mol. The molecule has 2 N–H and O–H groups in total. The first-order valence-electron chi connectivity index (χ1n) is 13.4. The highest BCUT2D eigenvalue weighted by Crippen LogP contribution is 2.39. The fraction of sp³-hybridized carbons (Fsp3) is 0.323. The first kappa shape index (κ1) is 33.6. The summed E-state index contributed by atoms with van der Waals surface area (Å²) < 4.78 is 86.1. The second kappa shape index (κ2) is 13.4. The summed E-state index contributed by atoms with van der Waals surface area (Å²) in [6.07, 6.45) is -8.69. The van der Waals surface area contributed by atoms with Crippen molar-refractivity contribution in [3.05, 3.63) is 116 Å². The summed E-state index contributed by atoms with van der Waals surface area (Å²) in [5, 5.41) is 21.2. The Morgan fingerprint density at radius 2 is 1.50 bits per heavy atom. The van der Waals surface area contributed by atoms with Crippen LogP contribution in [0.1, 0.15) is 46.6 Å². The lowest BCUT2D eigenvalue weighted by molar-refractivity contribution is -0.143. The van der Waals surface area contributed by atoms with Gasteiger partial charge in [0.25, 0.3) is 0 Å². The fourth-order valence-corrected chi connectivity index (χ4v) is 5.43. The molecule has 0 saturated carbocycles. The van der Waals surface area contributed by atoms with Crippen LogP contribution in [0.2, 0.25) is 10.0 Å². The molecule has 1 fully saturated rings. The molecular formula is C31H27Cl2F6NO4. The summed E-state index contributed by atoms with van der Waals surface area (Å²) in [4.78, 5) is 13.8. The molecule has 4 rings (SSSR count). The van der Waals surface area contributed by atoms with E-state index >= 15 is 0 Å². The SMILES string of the molecule is O=C(O)/C=C(\OCc1cc(C(F)(F)F)cc(C(F)(F)F)c1)C(CN1CCC(O)(c2ccccc2)CC1)c1ccc(Cl)c(Cl)c1. The minimum absolute atomic E-state index is 0.00298. The fourth-order valence-electron chi connectivity index (χ4n) is 5.12. The standard InChI is InChI=1S/C31H27Cl2F6NO4/c32-25-7-6-20(14-26(25)33)24(17-40-10-8-29(43,9-11-40)21-4-2-1-3-5-21)27(16-28(41)42)44-18-19-12-22(30(34,35)36)15-23(13-19)31(37,38)39/h1-7,12-16,24,43H,8-11,17-18H2,(H,41,42)/b27-16-. The van der Waals surface area contributed by atoms with Gasteiger partial charge in [0.15, 0.2) is 0 Å². The number of benzene rings is 3. The molecule has 0 aromatic heterocycles. The molecule has 236 valence electrons. The maximum Gasteiger partial charge on any atom is 0.416 e. The number of rotatable bonds is 9. The van der Waals surface area contributed by atoms with Crippen molar-refractivity contribution >= 4 is 29.2 Å². The van der Waals surface area contributed by atoms with Crippen molar-refractivity contribution < 1.29 is 46.1 Å². The number of carboxylic acids is 1. The normalized spacial score (nSPS) is 16.9. The van der Waals surface area contributed by atoms with Crippen LogP contribution in [-0.2, 0) is 34.1 Å². The molecule has 0 spiro atoms. The van der Waals surface area contributed by atoms with Crippen LogP contribution in [0.3, 0.4) is 0 Å². The van der Waals surface area contributed by atoms with Crippen molar-refractivity contribution in [3.63, 3.8) is 0 Å². The largest absolute Gasteiger partial charge is 0.492 e. The number of nitrogens with zero attached hydrogens (tertiary/aromatic N) is 1. The molecular weight excluding hydrogens is 635 g/mol. The molecule has 1 heterocycles. The molecule has 1 unspecified atom stereocenters. The summed E-state index contributed by atoms with van der Waals surface area (Å²) >= 11 is 12.3. The predicted molar refractivity (Wildman–Crippen MR) is 152 cm³/mol. The van der Waals surface area contributed by atoms with Crippen LogP contribution in [-0.4, -0.2) is 40.7 Å². The van der Waals surface area contributed by atoms with Crippen LogP contribution < -0.4 is 0 Å². The highest BCUT2D eigenvalue weighted by molar-refractivity contribution is 6.42. The number of hydrogen-bond donors (Lipinski definition) is 2. The second-order valence-corrected chi connectivity index (χ2v) is 11.3. The van der Waals surface area contributed by atoms with Gasteiger partial charge in [-0.25, -0.2) is 4.79 Å². The van der Waals surface area contributed by atoms with E-state index < -0.39 is 53.1 Å². The van der Waals surface area contributed by atoms with Gasteiger partial charge in [0.2, 0.25) is 0 Å². The van der Waals surface area contributed by atoms with E-state index in [0.29, 0.717) is 43.6 Å². The van der Waals surface area contributed by atoms with Gasteiger partial charge < -0.3 is 19.8 Å². The van der Waals surface area contributed by atoms with E-state index in [4.69, 9.17) is 27.9 Å². The minimum Gasteiger partial charge on any atom is -0.492 e. The minimum atomic E-state index is -5.06. The third-order valence-electron chi connectivity index (χ3n) is 7.44. The molecule has 13 heteroatoms. The van der Waals surface area contributed by atoms with Gasteiger partial charge in [-0.2, -0.15) is 26.3 Å². The Hall–Kier alpha value is -3.25. The van der Waals surface area contributed by atoms with Gasteiger partial charge in [-0.15, -0.1) is 0 Å². The summed E-state index contributed by atoms with van der Waals surface area (Å²) in [6, 6.07) is 14.7.